The topological polar surface area (TPSA) is 54.9 Å². The van der Waals surface area contributed by atoms with E-state index in [0.29, 0.717) is 10.7 Å². The van der Waals surface area contributed by atoms with E-state index in [1.807, 2.05) is 32.2 Å². The minimum absolute atomic E-state index is 0.127. The summed E-state index contributed by atoms with van der Waals surface area (Å²) in [5.41, 5.74) is 0.857. The number of carbonyl (C=O) groups excluding carboxylic acids is 1. The number of anilines is 1. The van der Waals surface area contributed by atoms with Gasteiger partial charge in [-0.3, -0.25) is 4.79 Å². The van der Waals surface area contributed by atoms with E-state index < -0.39 is 0 Å². The van der Waals surface area contributed by atoms with Crippen LogP contribution in [0.5, 0.6) is 0 Å². The molecule has 0 bridgehead atoms. The van der Waals surface area contributed by atoms with E-state index in [-0.39, 0.29) is 11.8 Å². The molecule has 2 rings (SSSR count). The molecule has 0 saturated carbocycles. The lowest BCUT2D eigenvalue weighted by Gasteiger charge is -2.08. The first-order valence-electron chi connectivity index (χ1n) is 5.76. The van der Waals surface area contributed by atoms with Crippen molar-refractivity contribution in [2.45, 2.75) is 26.7 Å². The van der Waals surface area contributed by atoms with Crippen molar-refractivity contribution in [3.63, 3.8) is 0 Å². The molecule has 2 heterocycles. The van der Waals surface area contributed by atoms with E-state index >= 15 is 0 Å². The van der Waals surface area contributed by atoms with Crippen LogP contribution in [0.1, 0.15) is 41.0 Å². The largest absolute Gasteiger partial charge is 0.306 e. The Morgan fingerprint density at radius 2 is 2.17 bits per heavy atom. The zero-order chi connectivity index (χ0) is 13.1. The van der Waals surface area contributed by atoms with Crippen LogP contribution in [0.2, 0.25) is 0 Å². The van der Waals surface area contributed by atoms with Gasteiger partial charge in [0.25, 0.3) is 5.91 Å². The van der Waals surface area contributed by atoms with E-state index in [1.165, 1.54) is 11.3 Å². The molecule has 0 radical (unpaired) electrons. The molecular formula is C13H15N3OS. The Balaban J connectivity index is 2.21. The van der Waals surface area contributed by atoms with Gasteiger partial charge in [0.2, 0.25) is 0 Å². The second-order valence-corrected chi connectivity index (χ2v) is 5.29. The quantitative estimate of drug-likeness (QED) is 0.923. The Morgan fingerprint density at radius 1 is 1.39 bits per heavy atom. The summed E-state index contributed by atoms with van der Waals surface area (Å²) >= 11 is 1.41. The highest BCUT2D eigenvalue weighted by Crippen LogP contribution is 2.15. The van der Waals surface area contributed by atoms with E-state index in [2.05, 4.69) is 15.3 Å². The normalized spacial score (nSPS) is 10.7. The Bertz CT molecular complexity index is 549. The van der Waals surface area contributed by atoms with Gasteiger partial charge >= 0.3 is 0 Å². The number of nitrogens with zero attached hydrogens (tertiary/aromatic N) is 2. The average Bonchev–Trinajstić information content (AvgIpc) is 2.81. The highest BCUT2D eigenvalue weighted by atomic mass is 32.1. The van der Waals surface area contributed by atoms with Crippen molar-refractivity contribution in [3.8, 4) is 0 Å². The van der Waals surface area contributed by atoms with E-state index in [4.69, 9.17) is 0 Å². The maximum atomic E-state index is 11.9. The smallest absolute Gasteiger partial charge is 0.266 e. The molecule has 5 heteroatoms. The number of hydrogen-bond donors (Lipinski definition) is 1. The molecule has 0 saturated heterocycles. The fraction of sp³-hybridized carbons (Fsp3) is 0.308. The van der Waals surface area contributed by atoms with Gasteiger partial charge in [-0.05, 0) is 18.4 Å². The predicted octanol–water partition coefficient (Wildman–Crippen LogP) is 3.22. The molecule has 0 aliphatic heterocycles. The van der Waals surface area contributed by atoms with Crippen molar-refractivity contribution in [2.24, 2.45) is 0 Å². The predicted molar refractivity (Wildman–Crippen MR) is 73.1 cm³/mol. The van der Waals surface area contributed by atoms with Gasteiger partial charge in [0.1, 0.15) is 11.6 Å². The minimum atomic E-state index is -0.127. The number of rotatable bonds is 3. The van der Waals surface area contributed by atoms with Crippen LogP contribution in [0.4, 0.5) is 5.82 Å². The maximum absolute atomic E-state index is 11.9. The van der Waals surface area contributed by atoms with Crippen LogP contribution in [0.25, 0.3) is 0 Å². The standard InChI is InChI=1S/C13H15N3OS/c1-8(2)12-14-9(3)7-11(15-12)16-13(17)10-5-4-6-18-10/h4-8H,1-3H3,(H,14,15,16,17). The second kappa shape index (κ2) is 5.27. The highest BCUT2D eigenvalue weighted by Gasteiger charge is 2.10. The third-order valence-electron chi connectivity index (χ3n) is 2.37. The molecular weight excluding hydrogens is 246 g/mol. The fourth-order valence-electron chi connectivity index (χ4n) is 1.50. The Labute approximate surface area is 110 Å². The van der Waals surface area contributed by atoms with Crippen LogP contribution in [-0.4, -0.2) is 15.9 Å². The molecule has 0 aliphatic rings. The van der Waals surface area contributed by atoms with Gasteiger partial charge in [-0.15, -0.1) is 11.3 Å². The van der Waals surface area contributed by atoms with Crippen molar-refractivity contribution >= 4 is 23.1 Å². The summed E-state index contributed by atoms with van der Waals surface area (Å²) < 4.78 is 0. The Kier molecular flexibility index (Phi) is 3.72. The summed E-state index contributed by atoms with van der Waals surface area (Å²) in [6, 6.07) is 5.42. The van der Waals surface area contributed by atoms with Gasteiger partial charge in [-0.1, -0.05) is 19.9 Å². The van der Waals surface area contributed by atoms with Crippen LogP contribution in [-0.2, 0) is 0 Å². The molecule has 0 aromatic carbocycles. The zero-order valence-electron chi connectivity index (χ0n) is 10.6. The number of nitrogens with one attached hydrogen (secondary N) is 1. The first-order chi connectivity index (χ1) is 8.56. The van der Waals surface area contributed by atoms with Crippen LogP contribution < -0.4 is 5.32 Å². The van der Waals surface area contributed by atoms with Crippen molar-refractivity contribution in [1.82, 2.24) is 9.97 Å². The molecule has 0 atom stereocenters. The summed E-state index contributed by atoms with van der Waals surface area (Å²) in [5, 5.41) is 4.68. The third kappa shape index (κ3) is 2.92. The number of aromatic nitrogens is 2. The fourth-order valence-corrected chi connectivity index (χ4v) is 2.12. The summed E-state index contributed by atoms with van der Waals surface area (Å²) in [6.07, 6.45) is 0. The monoisotopic (exact) mass is 261 g/mol. The molecule has 0 spiro atoms. The Morgan fingerprint density at radius 3 is 2.78 bits per heavy atom. The van der Waals surface area contributed by atoms with Crippen molar-refractivity contribution in [3.05, 3.63) is 40.0 Å². The van der Waals surface area contributed by atoms with Crippen LogP contribution in [0.3, 0.4) is 0 Å². The average molecular weight is 261 g/mol. The molecule has 4 nitrogen and oxygen atoms in total. The molecule has 94 valence electrons. The van der Waals surface area contributed by atoms with Crippen LogP contribution in [0.15, 0.2) is 23.6 Å². The summed E-state index contributed by atoms with van der Waals surface area (Å²) in [5.74, 6) is 1.42. The van der Waals surface area contributed by atoms with Gasteiger partial charge in [-0.25, -0.2) is 9.97 Å². The molecule has 0 fully saturated rings. The van der Waals surface area contributed by atoms with Gasteiger partial charge in [0, 0.05) is 17.7 Å². The molecule has 0 unspecified atom stereocenters. The van der Waals surface area contributed by atoms with E-state index in [0.717, 1.165) is 11.5 Å². The number of amides is 1. The molecule has 1 N–H and O–H groups in total. The second-order valence-electron chi connectivity index (χ2n) is 4.34. The summed E-state index contributed by atoms with van der Waals surface area (Å²) in [4.78, 5) is 21.3. The zero-order valence-corrected chi connectivity index (χ0v) is 11.4. The first-order valence-corrected chi connectivity index (χ1v) is 6.64. The van der Waals surface area contributed by atoms with E-state index in [1.54, 1.807) is 12.1 Å². The lowest BCUT2D eigenvalue weighted by Crippen LogP contribution is -2.13. The number of thiophene rings is 1. The maximum Gasteiger partial charge on any atom is 0.266 e. The highest BCUT2D eigenvalue weighted by molar-refractivity contribution is 7.12. The number of carbonyl (C=O) groups is 1. The minimum Gasteiger partial charge on any atom is -0.306 e. The molecule has 2 aromatic heterocycles. The number of hydrogen-bond acceptors (Lipinski definition) is 4. The molecule has 0 aliphatic carbocycles. The van der Waals surface area contributed by atoms with Crippen LogP contribution >= 0.6 is 11.3 Å². The van der Waals surface area contributed by atoms with Gasteiger partial charge < -0.3 is 5.32 Å². The van der Waals surface area contributed by atoms with Crippen molar-refractivity contribution in [1.29, 1.82) is 0 Å². The lowest BCUT2D eigenvalue weighted by atomic mass is 10.2. The van der Waals surface area contributed by atoms with Gasteiger partial charge in [0.15, 0.2) is 0 Å². The first kappa shape index (κ1) is 12.7. The van der Waals surface area contributed by atoms with Crippen LogP contribution in [0, 0.1) is 6.92 Å². The SMILES string of the molecule is Cc1cc(NC(=O)c2cccs2)nc(C(C)C)n1. The molecule has 18 heavy (non-hydrogen) atoms. The van der Waals surface area contributed by atoms with Crippen molar-refractivity contribution in [2.75, 3.05) is 5.32 Å². The van der Waals surface area contributed by atoms with Crippen molar-refractivity contribution < 1.29 is 4.79 Å². The van der Waals surface area contributed by atoms with E-state index in [9.17, 15) is 4.79 Å². The lowest BCUT2D eigenvalue weighted by molar-refractivity contribution is 0.103. The third-order valence-corrected chi connectivity index (χ3v) is 3.24. The summed E-state index contributed by atoms with van der Waals surface area (Å²) in [6.45, 7) is 5.95. The van der Waals surface area contributed by atoms with Gasteiger partial charge in [-0.2, -0.15) is 0 Å². The number of aryl methyl sites for hydroxylation is 1. The molecule has 1 amide bonds. The van der Waals surface area contributed by atoms with Gasteiger partial charge in [0.05, 0.1) is 4.88 Å². The summed E-state index contributed by atoms with van der Waals surface area (Å²) in [7, 11) is 0. The Hall–Kier alpha value is -1.75. The molecule has 2 aromatic rings.